The maximum absolute atomic E-state index is 13.8. The quantitative estimate of drug-likeness (QED) is 0.196. The van der Waals surface area contributed by atoms with E-state index < -0.39 is 11.7 Å². The van der Waals surface area contributed by atoms with Crippen LogP contribution in [-0.2, 0) is 25.4 Å². The van der Waals surface area contributed by atoms with E-state index in [1.54, 1.807) is 0 Å². The first-order valence-corrected chi connectivity index (χ1v) is 16.3. The van der Waals surface area contributed by atoms with Crippen molar-refractivity contribution in [1.29, 1.82) is 0 Å². The molecule has 1 heterocycles. The Hall–Kier alpha value is -2.31. The normalized spacial score (nSPS) is 16.8. The minimum absolute atomic E-state index is 0.305. The summed E-state index contributed by atoms with van der Waals surface area (Å²) in [5, 5.41) is 24.4. The van der Waals surface area contributed by atoms with Crippen molar-refractivity contribution in [2.75, 3.05) is 5.32 Å². The molecule has 0 spiro atoms. The molecule has 0 bridgehead atoms. The zero-order valence-corrected chi connectivity index (χ0v) is 25.4. The maximum Gasteiger partial charge on any atom is 0.416 e. The van der Waals surface area contributed by atoms with E-state index in [0.29, 0.717) is 41.1 Å². The predicted octanol–water partition coefficient (Wildman–Crippen LogP) is 10.1. The Kier molecular flexibility index (Phi) is 11.4. The Morgan fingerprint density at radius 1 is 0.878 bits per heavy atom. The minimum Gasteiger partial charge on any atom is -0.507 e. The van der Waals surface area contributed by atoms with Crippen molar-refractivity contribution in [3.8, 4) is 17.0 Å². The van der Waals surface area contributed by atoms with Gasteiger partial charge in [-0.05, 0) is 73.6 Å². The number of anilines is 1. The summed E-state index contributed by atoms with van der Waals surface area (Å²) in [6.45, 7) is 6.58. The number of nitrogens with one attached hydrogen (secondary N) is 1. The number of alkyl halides is 3. The number of nitrogens with zero attached hydrogens (tertiary/aromatic N) is 2. The van der Waals surface area contributed by atoms with Crippen LogP contribution >= 0.6 is 0 Å². The third kappa shape index (κ3) is 8.16. The maximum atomic E-state index is 13.8. The van der Waals surface area contributed by atoms with E-state index in [2.05, 4.69) is 26.1 Å². The number of phenolic OH excluding ortho intramolecular Hbond substituents is 1. The van der Waals surface area contributed by atoms with Crippen LogP contribution in [-0.4, -0.2) is 21.3 Å². The smallest absolute Gasteiger partial charge is 0.416 e. The second kappa shape index (κ2) is 14.7. The summed E-state index contributed by atoms with van der Waals surface area (Å²) >= 11 is 0. The summed E-state index contributed by atoms with van der Waals surface area (Å²) in [7, 11) is 0. The molecule has 1 unspecified atom stereocenters. The number of phenols is 1. The van der Waals surface area contributed by atoms with Crippen LogP contribution in [0.15, 0.2) is 12.1 Å². The van der Waals surface area contributed by atoms with Gasteiger partial charge in [0.15, 0.2) is 5.82 Å². The standard InChI is InChI=1S/C34H50F3N3O/c1-4-7-9-10-17-27(6-3)38-33-29(20-24-15-12-16-24)28(18-8-5-2)32(39-40-33)31-25(19-23-13-11-14-23)21-26(22-30(31)41)34(35,36)37/h21-24,27,41H,4-20H2,1-3H3,(H,38,40). The molecular formula is C34H50F3N3O. The van der Waals surface area contributed by atoms with E-state index in [-0.39, 0.29) is 5.75 Å². The molecule has 1 aromatic heterocycles. The first-order chi connectivity index (χ1) is 19.7. The molecule has 2 aliphatic carbocycles. The molecule has 0 amide bonds. The van der Waals surface area contributed by atoms with Crippen LogP contribution in [0.1, 0.15) is 133 Å². The second-order valence-electron chi connectivity index (χ2n) is 12.6. The lowest BCUT2D eigenvalue weighted by molar-refractivity contribution is -0.137. The van der Waals surface area contributed by atoms with Crippen LogP contribution < -0.4 is 5.32 Å². The van der Waals surface area contributed by atoms with Crippen LogP contribution in [0.25, 0.3) is 11.3 Å². The van der Waals surface area contributed by atoms with Gasteiger partial charge >= 0.3 is 6.18 Å². The summed E-state index contributed by atoms with van der Waals surface area (Å²) in [5.74, 6) is 1.44. The lowest BCUT2D eigenvalue weighted by Crippen LogP contribution is -2.24. The number of aromatic hydroxyl groups is 1. The van der Waals surface area contributed by atoms with Crippen molar-refractivity contribution in [1.82, 2.24) is 10.2 Å². The van der Waals surface area contributed by atoms with E-state index in [4.69, 9.17) is 10.2 Å². The van der Waals surface area contributed by atoms with Gasteiger partial charge in [0.05, 0.1) is 5.56 Å². The molecule has 2 saturated carbocycles. The number of halogens is 3. The number of hydrogen-bond donors (Lipinski definition) is 2. The van der Waals surface area contributed by atoms with Gasteiger partial charge in [-0.3, -0.25) is 0 Å². The van der Waals surface area contributed by atoms with Gasteiger partial charge < -0.3 is 10.4 Å². The van der Waals surface area contributed by atoms with Crippen LogP contribution in [0.2, 0.25) is 0 Å². The van der Waals surface area contributed by atoms with Gasteiger partial charge in [0.1, 0.15) is 11.4 Å². The van der Waals surface area contributed by atoms with Crippen molar-refractivity contribution < 1.29 is 18.3 Å². The average Bonchev–Trinajstić information content (AvgIpc) is 2.88. The van der Waals surface area contributed by atoms with E-state index in [0.717, 1.165) is 80.8 Å². The van der Waals surface area contributed by atoms with Crippen molar-refractivity contribution in [3.05, 3.63) is 34.4 Å². The minimum atomic E-state index is -4.52. The summed E-state index contributed by atoms with van der Waals surface area (Å²) in [4.78, 5) is 0. The fourth-order valence-electron chi connectivity index (χ4n) is 6.33. The monoisotopic (exact) mass is 573 g/mol. The lowest BCUT2D eigenvalue weighted by atomic mass is 9.77. The number of hydrogen-bond acceptors (Lipinski definition) is 4. The van der Waals surface area contributed by atoms with Crippen molar-refractivity contribution in [2.24, 2.45) is 11.8 Å². The number of unbranched alkanes of at least 4 members (excludes halogenated alkanes) is 4. The average molecular weight is 574 g/mol. The highest BCUT2D eigenvalue weighted by Crippen LogP contribution is 2.44. The fraction of sp³-hybridized carbons (Fsp3) is 0.706. The fourth-order valence-corrected chi connectivity index (χ4v) is 6.33. The number of rotatable bonds is 16. The third-order valence-corrected chi connectivity index (χ3v) is 9.42. The molecule has 7 heteroatoms. The molecule has 1 atom stereocenters. The van der Waals surface area contributed by atoms with Crippen molar-refractivity contribution in [2.45, 2.75) is 142 Å². The highest BCUT2D eigenvalue weighted by atomic mass is 19.4. The molecule has 4 rings (SSSR count). The lowest BCUT2D eigenvalue weighted by Gasteiger charge is -2.30. The molecule has 1 aromatic carbocycles. The second-order valence-corrected chi connectivity index (χ2v) is 12.6. The first-order valence-electron chi connectivity index (χ1n) is 16.3. The summed E-state index contributed by atoms with van der Waals surface area (Å²) in [6.07, 6.45) is 13.3. The van der Waals surface area contributed by atoms with Crippen LogP contribution in [0.3, 0.4) is 0 Å². The van der Waals surface area contributed by atoms with Gasteiger partial charge in [0, 0.05) is 17.2 Å². The van der Waals surface area contributed by atoms with Gasteiger partial charge in [-0.2, -0.15) is 13.2 Å². The van der Waals surface area contributed by atoms with Crippen molar-refractivity contribution >= 4 is 5.82 Å². The van der Waals surface area contributed by atoms with Crippen LogP contribution in [0, 0.1) is 11.8 Å². The molecule has 2 aromatic rings. The molecule has 2 N–H and O–H groups in total. The number of benzene rings is 1. The summed E-state index contributed by atoms with van der Waals surface area (Å²) < 4.78 is 41.4. The third-order valence-electron chi connectivity index (χ3n) is 9.42. The Labute approximate surface area is 244 Å². The molecular weight excluding hydrogens is 523 g/mol. The SMILES string of the molecule is CCCCCCC(CC)Nc1nnc(-c2c(O)cc(C(F)(F)F)cc2CC2CCC2)c(CCCC)c1CC1CCC1. The van der Waals surface area contributed by atoms with Gasteiger partial charge in [-0.15, -0.1) is 10.2 Å². The van der Waals surface area contributed by atoms with Gasteiger partial charge in [0.25, 0.3) is 0 Å². The van der Waals surface area contributed by atoms with Crippen molar-refractivity contribution in [3.63, 3.8) is 0 Å². The molecule has 228 valence electrons. The van der Waals surface area contributed by atoms with Crippen LogP contribution in [0.5, 0.6) is 5.75 Å². The van der Waals surface area contributed by atoms with E-state index in [1.807, 2.05) is 0 Å². The molecule has 0 aliphatic heterocycles. The number of aromatic nitrogens is 2. The molecule has 4 nitrogen and oxygen atoms in total. The molecule has 41 heavy (non-hydrogen) atoms. The van der Waals surface area contributed by atoms with E-state index >= 15 is 0 Å². The Balaban J connectivity index is 1.80. The summed E-state index contributed by atoms with van der Waals surface area (Å²) in [5.41, 5.74) is 3.01. The first kappa shape index (κ1) is 31.6. The van der Waals surface area contributed by atoms with Gasteiger partial charge in [-0.25, -0.2) is 0 Å². The van der Waals surface area contributed by atoms with Gasteiger partial charge in [0.2, 0.25) is 0 Å². The Bertz CT molecular complexity index is 1130. The van der Waals surface area contributed by atoms with Crippen LogP contribution in [0.4, 0.5) is 19.0 Å². The van der Waals surface area contributed by atoms with E-state index in [1.165, 1.54) is 51.0 Å². The molecule has 2 fully saturated rings. The molecule has 0 saturated heterocycles. The molecule has 0 radical (unpaired) electrons. The summed E-state index contributed by atoms with van der Waals surface area (Å²) in [6, 6.07) is 2.44. The largest absolute Gasteiger partial charge is 0.507 e. The van der Waals surface area contributed by atoms with Gasteiger partial charge in [-0.1, -0.05) is 91.4 Å². The predicted molar refractivity (Wildman–Crippen MR) is 161 cm³/mol. The van der Waals surface area contributed by atoms with E-state index in [9.17, 15) is 18.3 Å². The molecule has 2 aliphatic rings. The topological polar surface area (TPSA) is 58.0 Å². The zero-order valence-electron chi connectivity index (χ0n) is 25.4. The highest BCUT2D eigenvalue weighted by molar-refractivity contribution is 5.76. The highest BCUT2D eigenvalue weighted by Gasteiger charge is 2.34. The Morgan fingerprint density at radius 2 is 1.56 bits per heavy atom. The Morgan fingerprint density at radius 3 is 2.15 bits per heavy atom. The zero-order chi connectivity index (χ0) is 29.4.